The van der Waals surface area contributed by atoms with Gasteiger partial charge in [0.25, 0.3) is 0 Å². The van der Waals surface area contributed by atoms with Crippen LogP contribution in [-0.4, -0.2) is 43.5 Å². The molecule has 1 N–H and O–H groups in total. The smallest absolute Gasteiger partial charge is 0.338 e. The van der Waals surface area contributed by atoms with Crippen molar-refractivity contribution in [2.45, 2.75) is 6.04 Å². The number of carbonyl (C=O) groups excluding carboxylic acids is 1. The van der Waals surface area contributed by atoms with Gasteiger partial charge in [-0.2, -0.15) is 0 Å². The van der Waals surface area contributed by atoms with E-state index >= 15 is 0 Å². The van der Waals surface area contributed by atoms with Gasteiger partial charge in [-0.05, 0) is 30.3 Å². The molecule has 1 aromatic heterocycles. The van der Waals surface area contributed by atoms with Gasteiger partial charge in [-0.1, -0.05) is 28.1 Å². The molecule has 150 valence electrons. The summed E-state index contributed by atoms with van der Waals surface area (Å²) in [4.78, 5) is 17.6. The van der Waals surface area contributed by atoms with Crippen LogP contribution in [0.15, 0.2) is 58.2 Å². The first-order valence-electron chi connectivity index (χ1n) is 8.96. The first-order chi connectivity index (χ1) is 14.1. The third-order valence-electron chi connectivity index (χ3n) is 4.90. The van der Waals surface area contributed by atoms with Crippen LogP contribution in [0.5, 0.6) is 5.75 Å². The average molecular weight is 458 g/mol. The molecule has 0 bridgehead atoms. The van der Waals surface area contributed by atoms with E-state index in [1.165, 1.54) is 7.11 Å². The SMILES string of the molecule is COCC1=C(C(=O)OC)[C@H](c2cc(Br)ccc2OC)n2c(nc3ccccc32)N1. The molecule has 0 radical (unpaired) electrons. The lowest BCUT2D eigenvalue weighted by Crippen LogP contribution is -2.31. The number of nitrogens with one attached hydrogen (secondary N) is 1. The molecule has 3 aromatic rings. The Balaban J connectivity index is 2.07. The minimum Gasteiger partial charge on any atom is -0.496 e. The second-order valence-electron chi connectivity index (χ2n) is 6.52. The van der Waals surface area contributed by atoms with E-state index in [2.05, 4.69) is 21.2 Å². The molecule has 4 rings (SSSR count). The predicted molar refractivity (Wildman–Crippen MR) is 113 cm³/mol. The van der Waals surface area contributed by atoms with Gasteiger partial charge < -0.3 is 19.5 Å². The third-order valence-corrected chi connectivity index (χ3v) is 5.39. The van der Waals surface area contributed by atoms with Crippen molar-refractivity contribution >= 4 is 38.9 Å². The first-order valence-corrected chi connectivity index (χ1v) is 9.76. The summed E-state index contributed by atoms with van der Waals surface area (Å²) in [6, 6.07) is 13.0. The molecule has 0 spiro atoms. The van der Waals surface area contributed by atoms with E-state index in [1.807, 2.05) is 47.0 Å². The minimum atomic E-state index is -0.510. The highest BCUT2D eigenvalue weighted by molar-refractivity contribution is 9.10. The fourth-order valence-corrected chi connectivity index (χ4v) is 4.09. The molecular weight excluding hydrogens is 438 g/mol. The quantitative estimate of drug-likeness (QED) is 0.585. The van der Waals surface area contributed by atoms with E-state index in [4.69, 9.17) is 19.2 Å². The van der Waals surface area contributed by atoms with Gasteiger partial charge in [0, 0.05) is 17.1 Å². The predicted octanol–water partition coefficient (Wildman–Crippen LogP) is 3.90. The summed E-state index contributed by atoms with van der Waals surface area (Å²) in [6.07, 6.45) is 0. The number of carbonyl (C=O) groups is 1. The summed E-state index contributed by atoms with van der Waals surface area (Å²) in [6.45, 7) is 0.209. The summed E-state index contributed by atoms with van der Waals surface area (Å²) >= 11 is 3.54. The van der Waals surface area contributed by atoms with E-state index in [0.717, 1.165) is 21.1 Å². The Morgan fingerprint density at radius 1 is 1.21 bits per heavy atom. The van der Waals surface area contributed by atoms with Gasteiger partial charge in [-0.25, -0.2) is 9.78 Å². The topological polar surface area (TPSA) is 74.6 Å². The van der Waals surface area contributed by atoms with Crippen LogP contribution in [0.1, 0.15) is 11.6 Å². The fourth-order valence-electron chi connectivity index (χ4n) is 3.71. The molecule has 0 saturated carbocycles. The number of para-hydroxylation sites is 2. The molecule has 0 aliphatic carbocycles. The van der Waals surface area contributed by atoms with Crippen LogP contribution in [0.25, 0.3) is 11.0 Å². The second kappa shape index (κ2) is 7.88. The van der Waals surface area contributed by atoms with Crippen molar-refractivity contribution in [2.24, 2.45) is 0 Å². The third kappa shape index (κ3) is 3.28. The Labute approximate surface area is 176 Å². The molecule has 0 unspecified atom stereocenters. The molecule has 0 saturated heterocycles. The first kappa shape index (κ1) is 19.5. The Bertz CT molecular complexity index is 1120. The standard InChI is InChI=1S/C21H20BrN3O4/c1-27-11-15-18(20(26)29-3)19(13-10-12(22)8-9-17(13)28-2)25-16-7-5-4-6-14(16)23-21(25)24-15/h4-10,19H,11H2,1-3H3,(H,23,24)/t19-/m0/s1. The van der Waals surface area contributed by atoms with Crippen molar-refractivity contribution < 1.29 is 19.0 Å². The Kier molecular flexibility index (Phi) is 5.29. The van der Waals surface area contributed by atoms with E-state index < -0.39 is 12.0 Å². The van der Waals surface area contributed by atoms with Crippen LogP contribution in [0, 0.1) is 0 Å². The number of imidazole rings is 1. The molecular formula is C21H20BrN3O4. The maximum Gasteiger partial charge on any atom is 0.338 e. The highest BCUT2D eigenvalue weighted by Gasteiger charge is 2.37. The number of rotatable bonds is 5. The summed E-state index contributed by atoms with van der Waals surface area (Å²) in [5.41, 5.74) is 3.56. The van der Waals surface area contributed by atoms with Crippen molar-refractivity contribution in [3.05, 3.63) is 63.8 Å². The van der Waals surface area contributed by atoms with Crippen molar-refractivity contribution in [3.8, 4) is 5.75 Å². The van der Waals surface area contributed by atoms with Crippen molar-refractivity contribution in [1.82, 2.24) is 9.55 Å². The van der Waals surface area contributed by atoms with Crippen LogP contribution < -0.4 is 10.1 Å². The van der Waals surface area contributed by atoms with Crippen LogP contribution in [-0.2, 0) is 14.3 Å². The van der Waals surface area contributed by atoms with Gasteiger partial charge in [0.15, 0.2) is 0 Å². The largest absolute Gasteiger partial charge is 0.496 e. The number of methoxy groups -OCH3 is 3. The molecule has 2 aromatic carbocycles. The number of hydrogen-bond acceptors (Lipinski definition) is 6. The zero-order valence-corrected chi connectivity index (χ0v) is 17.8. The van der Waals surface area contributed by atoms with Crippen LogP contribution in [0.2, 0.25) is 0 Å². The number of benzene rings is 2. The molecule has 8 heteroatoms. The number of anilines is 1. The van der Waals surface area contributed by atoms with Crippen molar-refractivity contribution in [2.75, 3.05) is 33.3 Å². The lowest BCUT2D eigenvalue weighted by Gasteiger charge is -2.31. The number of ether oxygens (including phenoxy) is 3. The van der Waals surface area contributed by atoms with E-state index in [1.54, 1.807) is 14.2 Å². The minimum absolute atomic E-state index is 0.209. The summed E-state index contributed by atoms with van der Waals surface area (Å²) in [5.74, 6) is 0.833. The number of fused-ring (bicyclic) bond motifs is 3. The van der Waals surface area contributed by atoms with Gasteiger partial charge in [0.2, 0.25) is 5.95 Å². The number of nitrogens with zero attached hydrogens (tertiary/aromatic N) is 2. The summed E-state index contributed by atoms with van der Waals surface area (Å²) in [5, 5.41) is 3.26. The molecule has 7 nitrogen and oxygen atoms in total. The average Bonchev–Trinajstić information content (AvgIpc) is 3.10. The highest BCUT2D eigenvalue weighted by Crippen LogP contribution is 2.43. The van der Waals surface area contributed by atoms with Crippen molar-refractivity contribution in [1.29, 1.82) is 0 Å². The van der Waals surface area contributed by atoms with Gasteiger partial charge >= 0.3 is 5.97 Å². The molecule has 1 aliphatic heterocycles. The zero-order valence-electron chi connectivity index (χ0n) is 16.2. The number of esters is 1. The molecule has 0 amide bonds. The normalized spacial score (nSPS) is 15.8. The monoisotopic (exact) mass is 457 g/mol. The number of halogens is 1. The van der Waals surface area contributed by atoms with Crippen LogP contribution in [0.3, 0.4) is 0 Å². The van der Waals surface area contributed by atoms with Gasteiger partial charge in [0.05, 0.1) is 49.2 Å². The maximum atomic E-state index is 12.9. The lowest BCUT2D eigenvalue weighted by atomic mass is 9.94. The zero-order chi connectivity index (χ0) is 20.5. The molecule has 29 heavy (non-hydrogen) atoms. The van der Waals surface area contributed by atoms with Crippen LogP contribution >= 0.6 is 15.9 Å². The molecule has 0 fully saturated rings. The summed E-state index contributed by atoms with van der Waals surface area (Å²) in [7, 11) is 4.56. The van der Waals surface area contributed by atoms with E-state index in [0.29, 0.717) is 23.0 Å². The van der Waals surface area contributed by atoms with Gasteiger partial charge in [-0.3, -0.25) is 4.57 Å². The van der Waals surface area contributed by atoms with E-state index in [-0.39, 0.29) is 6.61 Å². The molecule has 2 heterocycles. The molecule has 1 atom stereocenters. The Morgan fingerprint density at radius 2 is 2.00 bits per heavy atom. The summed E-state index contributed by atoms with van der Waals surface area (Å²) < 4.78 is 19.0. The maximum absolute atomic E-state index is 12.9. The van der Waals surface area contributed by atoms with Gasteiger partial charge in [-0.15, -0.1) is 0 Å². The van der Waals surface area contributed by atoms with E-state index in [9.17, 15) is 4.79 Å². The lowest BCUT2D eigenvalue weighted by molar-refractivity contribution is -0.136. The highest BCUT2D eigenvalue weighted by atomic mass is 79.9. The fraction of sp³-hybridized carbons (Fsp3) is 0.238. The Morgan fingerprint density at radius 3 is 2.72 bits per heavy atom. The van der Waals surface area contributed by atoms with Gasteiger partial charge in [0.1, 0.15) is 5.75 Å². The number of hydrogen-bond donors (Lipinski definition) is 1. The Hall–Kier alpha value is -2.84. The second-order valence-corrected chi connectivity index (χ2v) is 7.44. The van der Waals surface area contributed by atoms with Crippen molar-refractivity contribution in [3.63, 3.8) is 0 Å². The molecule has 1 aliphatic rings. The van der Waals surface area contributed by atoms with Crippen LogP contribution in [0.4, 0.5) is 5.95 Å². The number of aromatic nitrogens is 2.